The molecule has 2 heterocycles. The lowest BCUT2D eigenvalue weighted by molar-refractivity contribution is 0.234. The van der Waals surface area contributed by atoms with Gasteiger partial charge in [-0.25, -0.2) is 0 Å². The van der Waals surface area contributed by atoms with Gasteiger partial charge >= 0.3 is 0 Å². The minimum absolute atomic E-state index is 0. The van der Waals surface area contributed by atoms with E-state index < -0.39 is 0 Å². The fourth-order valence-corrected chi connectivity index (χ4v) is 3.63. The number of benzene rings is 1. The molecule has 0 radical (unpaired) electrons. The summed E-state index contributed by atoms with van der Waals surface area (Å²) in [6.07, 6.45) is 1.15. The monoisotopic (exact) mass is 468 g/mol. The van der Waals surface area contributed by atoms with E-state index in [4.69, 9.17) is 0 Å². The van der Waals surface area contributed by atoms with Gasteiger partial charge < -0.3 is 14.8 Å². The highest BCUT2D eigenvalue weighted by Gasteiger charge is 2.28. The zero-order chi connectivity index (χ0) is 17.8. The predicted octanol–water partition coefficient (Wildman–Crippen LogP) is 2.94. The molecule has 2 atom stereocenters. The first-order chi connectivity index (χ1) is 12.1. The molecule has 1 fully saturated rings. The third-order valence-corrected chi connectivity index (χ3v) is 5.23. The van der Waals surface area contributed by atoms with Crippen molar-refractivity contribution in [2.75, 3.05) is 20.1 Å². The molecule has 1 aliphatic rings. The summed E-state index contributed by atoms with van der Waals surface area (Å²) < 4.78 is 2.00. The molecule has 6 nitrogen and oxygen atoms in total. The van der Waals surface area contributed by atoms with E-state index in [0.29, 0.717) is 18.4 Å². The maximum atomic E-state index is 4.47. The zero-order valence-corrected chi connectivity index (χ0v) is 18.3. The van der Waals surface area contributed by atoms with E-state index in [9.17, 15) is 0 Å². The van der Waals surface area contributed by atoms with Gasteiger partial charge in [0.1, 0.15) is 5.82 Å². The Labute approximate surface area is 173 Å². The SMILES string of the molecule is CN=C(NCc1nnc(C)n1C)N1CCC(c2ccccc2)C(C)C1.I. The van der Waals surface area contributed by atoms with Gasteiger partial charge in [-0.15, -0.1) is 34.2 Å². The van der Waals surface area contributed by atoms with Crippen LogP contribution in [-0.2, 0) is 13.6 Å². The van der Waals surface area contributed by atoms with Crippen LogP contribution in [0.2, 0.25) is 0 Å². The molecule has 0 spiro atoms. The third kappa shape index (κ3) is 4.55. The second kappa shape index (κ2) is 9.34. The summed E-state index contributed by atoms with van der Waals surface area (Å²) in [5, 5.41) is 11.8. The Balaban J connectivity index is 0.00000243. The maximum absolute atomic E-state index is 4.47. The van der Waals surface area contributed by atoms with E-state index in [0.717, 1.165) is 37.1 Å². The van der Waals surface area contributed by atoms with Crippen LogP contribution in [0, 0.1) is 12.8 Å². The lowest BCUT2D eigenvalue weighted by Gasteiger charge is -2.38. The van der Waals surface area contributed by atoms with E-state index in [1.807, 2.05) is 25.6 Å². The minimum atomic E-state index is 0. The molecule has 1 N–H and O–H groups in total. The van der Waals surface area contributed by atoms with Gasteiger partial charge in [-0.05, 0) is 30.7 Å². The van der Waals surface area contributed by atoms with Gasteiger partial charge in [0.2, 0.25) is 0 Å². The van der Waals surface area contributed by atoms with Crippen molar-refractivity contribution >= 4 is 29.9 Å². The summed E-state index contributed by atoms with van der Waals surface area (Å²) in [5.74, 6) is 4.00. The van der Waals surface area contributed by atoms with Gasteiger partial charge in [-0.1, -0.05) is 37.3 Å². The summed E-state index contributed by atoms with van der Waals surface area (Å²) in [4.78, 5) is 6.82. The first-order valence-electron chi connectivity index (χ1n) is 8.95. The molecule has 1 saturated heterocycles. The number of nitrogens with zero attached hydrogens (tertiary/aromatic N) is 5. The van der Waals surface area contributed by atoms with Gasteiger partial charge in [0.05, 0.1) is 6.54 Å². The molecule has 0 amide bonds. The van der Waals surface area contributed by atoms with Crippen LogP contribution in [0.3, 0.4) is 0 Å². The third-order valence-electron chi connectivity index (χ3n) is 5.23. The number of aryl methyl sites for hydroxylation is 1. The molecule has 0 saturated carbocycles. The first kappa shape index (κ1) is 20.7. The number of hydrogen-bond acceptors (Lipinski definition) is 3. The number of piperidine rings is 1. The number of halogens is 1. The average Bonchev–Trinajstić information content (AvgIpc) is 2.95. The molecular formula is C19H29IN6. The first-order valence-corrected chi connectivity index (χ1v) is 8.95. The van der Waals surface area contributed by atoms with Crippen LogP contribution in [0.15, 0.2) is 35.3 Å². The van der Waals surface area contributed by atoms with Crippen LogP contribution < -0.4 is 5.32 Å². The predicted molar refractivity (Wildman–Crippen MR) is 116 cm³/mol. The summed E-state index contributed by atoms with van der Waals surface area (Å²) in [7, 11) is 3.83. The number of rotatable bonds is 3. The van der Waals surface area contributed by atoms with Crippen molar-refractivity contribution in [3.63, 3.8) is 0 Å². The summed E-state index contributed by atoms with van der Waals surface area (Å²) in [5.41, 5.74) is 1.45. The molecule has 1 aromatic heterocycles. The van der Waals surface area contributed by atoms with Crippen LogP contribution >= 0.6 is 24.0 Å². The van der Waals surface area contributed by atoms with Crippen LogP contribution in [0.25, 0.3) is 0 Å². The molecular weight excluding hydrogens is 439 g/mol. The van der Waals surface area contributed by atoms with Crippen molar-refractivity contribution in [3.05, 3.63) is 47.5 Å². The van der Waals surface area contributed by atoms with E-state index >= 15 is 0 Å². The largest absolute Gasteiger partial charge is 0.349 e. The summed E-state index contributed by atoms with van der Waals surface area (Å²) in [6.45, 7) is 6.96. The molecule has 26 heavy (non-hydrogen) atoms. The van der Waals surface area contributed by atoms with Gasteiger partial charge in [0, 0.05) is 27.2 Å². The van der Waals surface area contributed by atoms with E-state index in [1.54, 1.807) is 0 Å². The summed E-state index contributed by atoms with van der Waals surface area (Å²) in [6, 6.07) is 10.9. The minimum Gasteiger partial charge on any atom is -0.349 e. The Kier molecular flexibility index (Phi) is 7.43. The van der Waals surface area contributed by atoms with Gasteiger partial charge in [0.25, 0.3) is 0 Å². The molecule has 1 aliphatic heterocycles. The second-order valence-electron chi connectivity index (χ2n) is 6.85. The van der Waals surface area contributed by atoms with E-state index in [1.165, 1.54) is 5.56 Å². The maximum Gasteiger partial charge on any atom is 0.194 e. The number of aromatic nitrogens is 3. The number of nitrogens with one attached hydrogen (secondary N) is 1. The number of aliphatic imine (C=N–C) groups is 1. The van der Waals surface area contributed by atoms with Crippen LogP contribution in [0.4, 0.5) is 0 Å². The molecule has 3 rings (SSSR count). The smallest absolute Gasteiger partial charge is 0.194 e. The lowest BCUT2D eigenvalue weighted by Crippen LogP contribution is -2.47. The number of hydrogen-bond donors (Lipinski definition) is 1. The molecule has 0 aliphatic carbocycles. The van der Waals surface area contributed by atoms with Gasteiger partial charge in [-0.2, -0.15) is 0 Å². The molecule has 1 aromatic carbocycles. The van der Waals surface area contributed by atoms with Crippen molar-refractivity contribution in [3.8, 4) is 0 Å². The Morgan fingerprint density at radius 1 is 1.27 bits per heavy atom. The highest BCUT2D eigenvalue weighted by atomic mass is 127. The van der Waals surface area contributed by atoms with Crippen molar-refractivity contribution in [2.24, 2.45) is 18.0 Å². The average molecular weight is 468 g/mol. The fourth-order valence-electron chi connectivity index (χ4n) is 3.63. The number of guanidine groups is 1. The van der Waals surface area contributed by atoms with Crippen LogP contribution in [-0.4, -0.2) is 45.8 Å². The lowest BCUT2D eigenvalue weighted by atomic mass is 9.82. The van der Waals surface area contributed by atoms with Gasteiger partial charge in [0.15, 0.2) is 11.8 Å². The highest BCUT2D eigenvalue weighted by molar-refractivity contribution is 14.0. The van der Waals surface area contributed by atoms with Crippen molar-refractivity contribution in [1.82, 2.24) is 25.0 Å². The van der Waals surface area contributed by atoms with Crippen molar-refractivity contribution in [1.29, 1.82) is 0 Å². The van der Waals surface area contributed by atoms with Gasteiger partial charge in [-0.3, -0.25) is 4.99 Å². The van der Waals surface area contributed by atoms with Crippen molar-refractivity contribution in [2.45, 2.75) is 32.7 Å². The molecule has 0 bridgehead atoms. The molecule has 2 unspecified atom stereocenters. The summed E-state index contributed by atoms with van der Waals surface area (Å²) >= 11 is 0. The topological polar surface area (TPSA) is 58.3 Å². The van der Waals surface area contributed by atoms with Crippen molar-refractivity contribution < 1.29 is 0 Å². The highest BCUT2D eigenvalue weighted by Crippen LogP contribution is 2.32. The zero-order valence-electron chi connectivity index (χ0n) is 16.0. The van der Waals surface area contributed by atoms with Crippen LogP contribution in [0.1, 0.15) is 36.5 Å². The fraction of sp³-hybridized carbons (Fsp3) is 0.526. The molecule has 142 valence electrons. The van der Waals surface area contributed by atoms with E-state index in [-0.39, 0.29) is 24.0 Å². The Hall–Kier alpha value is -1.64. The van der Waals surface area contributed by atoms with Crippen LogP contribution in [0.5, 0.6) is 0 Å². The van der Waals surface area contributed by atoms with E-state index in [2.05, 4.69) is 62.7 Å². The Morgan fingerprint density at radius 3 is 2.58 bits per heavy atom. The Morgan fingerprint density at radius 2 is 2.00 bits per heavy atom. The number of likely N-dealkylation sites (tertiary alicyclic amines) is 1. The molecule has 2 aromatic rings. The quantitative estimate of drug-likeness (QED) is 0.428. The standard InChI is InChI=1S/C19H28N6.HI/c1-14-13-25(11-10-17(14)16-8-6-5-7-9-16)19(20-3)21-12-18-23-22-15(2)24(18)4;/h5-9,14,17H,10-13H2,1-4H3,(H,20,21);1H. The second-order valence-corrected chi connectivity index (χ2v) is 6.85. The Bertz CT molecular complexity index is 727. The molecule has 7 heteroatoms. The normalized spacial score (nSPS) is 20.6.